The summed E-state index contributed by atoms with van der Waals surface area (Å²) >= 11 is 10.8. The van der Waals surface area contributed by atoms with Gasteiger partial charge in [0.1, 0.15) is 6.07 Å². The molecule has 0 fully saturated rings. The highest BCUT2D eigenvalue weighted by atomic mass is 79.9. The van der Waals surface area contributed by atoms with Crippen molar-refractivity contribution >= 4 is 44.6 Å². The maximum Gasteiger partial charge on any atom is 0.152 e. The second-order valence-electron chi connectivity index (χ2n) is 3.26. The van der Waals surface area contributed by atoms with Crippen molar-refractivity contribution < 1.29 is 0 Å². The van der Waals surface area contributed by atoms with Crippen molar-refractivity contribution in [3.8, 4) is 6.07 Å². The number of hydrogen-bond acceptors (Lipinski definition) is 4. The number of anilines is 1. The quantitative estimate of drug-likeness (QED) is 0.865. The van der Waals surface area contributed by atoms with Crippen molar-refractivity contribution in [2.75, 3.05) is 5.32 Å². The van der Waals surface area contributed by atoms with E-state index in [-0.39, 0.29) is 0 Å². The average molecular weight is 329 g/mol. The number of aromatic nitrogens is 1. The van der Waals surface area contributed by atoms with Gasteiger partial charge >= 0.3 is 0 Å². The van der Waals surface area contributed by atoms with Crippen LogP contribution in [0, 0.1) is 11.3 Å². The molecule has 0 radical (unpaired) electrons. The van der Waals surface area contributed by atoms with Crippen LogP contribution in [0.2, 0.25) is 5.15 Å². The minimum absolute atomic E-state index is 0.435. The number of nitrogens with one attached hydrogen (secondary N) is 1. The fraction of sp³-hybridized carbons (Fsp3) is 0.0909. The summed E-state index contributed by atoms with van der Waals surface area (Å²) in [5.74, 6) is 0. The SMILES string of the molecule is N#Cc1csc(CNc2cc(Br)cnc2Cl)c1. The molecule has 0 saturated heterocycles. The van der Waals surface area contributed by atoms with Crippen molar-refractivity contribution in [3.63, 3.8) is 0 Å². The number of thiophene rings is 1. The predicted molar refractivity (Wildman–Crippen MR) is 73.3 cm³/mol. The monoisotopic (exact) mass is 327 g/mol. The molecular formula is C11H7BrClN3S. The molecule has 2 rings (SSSR count). The van der Waals surface area contributed by atoms with Crippen molar-refractivity contribution in [2.45, 2.75) is 6.54 Å². The Balaban J connectivity index is 2.07. The molecular weight excluding hydrogens is 322 g/mol. The molecule has 0 atom stereocenters. The van der Waals surface area contributed by atoms with Crippen LogP contribution >= 0.6 is 38.9 Å². The van der Waals surface area contributed by atoms with Crippen molar-refractivity contribution in [1.29, 1.82) is 5.26 Å². The molecule has 0 spiro atoms. The van der Waals surface area contributed by atoms with Crippen LogP contribution in [0.15, 0.2) is 28.2 Å². The Morgan fingerprint density at radius 1 is 1.53 bits per heavy atom. The second-order valence-corrected chi connectivity index (χ2v) is 5.53. The summed E-state index contributed by atoms with van der Waals surface area (Å²) < 4.78 is 0.869. The highest BCUT2D eigenvalue weighted by Crippen LogP contribution is 2.24. The van der Waals surface area contributed by atoms with E-state index in [1.807, 2.05) is 17.5 Å². The van der Waals surface area contributed by atoms with Crippen molar-refractivity contribution in [1.82, 2.24) is 4.98 Å². The summed E-state index contributed by atoms with van der Waals surface area (Å²) in [5, 5.41) is 14.2. The van der Waals surface area contributed by atoms with Crippen LogP contribution in [0.4, 0.5) is 5.69 Å². The zero-order chi connectivity index (χ0) is 12.3. The highest BCUT2D eigenvalue weighted by Gasteiger charge is 2.03. The summed E-state index contributed by atoms with van der Waals surface area (Å²) in [7, 11) is 0. The summed E-state index contributed by atoms with van der Waals surface area (Å²) in [6.45, 7) is 0.629. The number of nitriles is 1. The Morgan fingerprint density at radius 3 is 3.06 bits per heavy atom. The summed E-state index contributed by atoms with van der Waals surface area (Å²) in [6.07, 6.45) is 1.65. The third-order valence-corrected chi connectivity index (χ3v) is 3.71. The molecule has 0 aromatic carbocycles. The van der Waals surface area contributed by atoms with Gasteiger partial charge in [0.05, 0.1) is 11.3 Å². The first kappa shape index (κ1) is 12.4. The molecule has 0 bridgehead atoms. The predicted octanol–water partition coefficient (Wildman–Crippen LogP) is 4.04. The Bertz CT molecular complexity index is 576. The van der Waals surface area contributed by atoms with Crippen LogP contribution in [0.25, 0.3) is 0 Å². The van der Waals surface area contributed by atoms with Gasteiger partial charge in [-0.1, -0.05) is 11.6 Å². The minimum Gasteiger partial charge on any atom is -0.378 e. The van der Waals surface area contributed by atoms with E-state index >= 15 is 0 Å². The molecule has 2 aromatic rings. The Labute approximate surface area is 116 Å². The minimum atomic E-state index is 0.435. The lowest BCUT2D eigenvalue weighted by molar-refractivity contribution is 1.17. The standard InChI is InChI=1S/C11H7BrClN3S/c12-8-2-10(11(13)16-4-8)15-5-9-1-7(3-14)6-17-9/h1-2,4,6,15H,5H2. The van der Waals surface area contributed by atoms with E-state index < -0.39 is 0 Å². The normalized spacial score (nSPS) is 9.94. The zero-order valence-electron chi connectivity index (χ0n) is 8.58. The molecule has 3 nitrogen and oxygen atoms in total. The Morgan fingerprint density at radius 2 is 2.35 bits per heavy atom. The van der Waals surface area contributed by atoms with Crippen LogP contribution in [0.5, 0.6) is 0 Å². The van der Waals surface area contributed by atoms with Crippen LogP contribution in [0.1, 0.15) is 10.4 Å². The fourth-order valence-electron chi connectivity index (χ4n) is 1.26. The molecule has 86 valence electrons. The number of rotatable bonds is 3. The molecule has 6 heteroatoms. The third kappa shape index (κ3) is 3.19. The van der Waals surface area contributed by atoms with Crippen LogP contribution in [-0.2, 0) is 6.54 Å². The largest absolute Gasteiger partial charge is 0.378 e. The lowest BCUT2D eigenvalue weighted by atomic mass is 10.3. The average Bonchev–Trinajstić information content (AvgIpc) is 2.78. The molecule has 0 unspecified atom stereocenters. The first-order valence-corrected chi connectivity index (χ1v) is 6.76. The van der Waals surface area contributed by atoms with Crippen molar-refractivity contribution in [2.24, 2.45) is 0 Å². The van der Waals surface area contributed by atoms with Gasteiger partial charge in [0, 0.05) is 27.5 Å². The summed E-state index contributed by atoms with van der Waals surface area (Å²) in [6, 6.07) is 5.83. The molecule has 2 heterocycles. The van der Waals surface area contributed by atoms with Gasteiger partial charge in [0.25, 0.3) is 0 Å². The van der Waals surface area contributed by atoms with Gasteiger partial charge in [0.15, 0.2) is 5.15 Å². The molecule has 0 saturated carbocycles. The molecule has 0 aliphatic carbocycles. The fourth-order valence-corrected chi connectivity index (χ4v) is 2.51. The van der Waals surface area contributed by atoms with E-state index in [0.29, 0.717) is 17.3 Å². The van der Waals surface area contributed by atoms with Gasteiger partial charge in [0.2, 0.25) is 0 Å². The van der Waals surface area contributed by atoms with E-state index in [2.05, 4.69) is 32.3 Å². The van der Waals surface area contributed by atoms with E-state index in [4.69, 9.17) is 16.9 Å². The van der Waals surface area contributed by atoms with E-state index in [9.17, 15) is 0 Å². The van der Waals surface area contributed by atoms with Gasteiger partial charge < -0.3 is 5.32 Å². The number of nitrogens with zero attached hydrogens (tertiary/aromatic N) is 2. The maximum atomic E-state index is 8.72. The first-order chi connectivity index (χ1) is 8.19. The third-order valence-electron chi connectivity index (χ3n) is 2.04. The topological polar surface area (TPSA) is 48.7 Å². The van der Waals surface area contributed by atoms with Gasteiger partial charge in [-0.25, -0.2) is 4.98 Å². The van der Waals surface area contributed by atoms with E-state index in [1.54, 1.807) is 17.5 Å². The number of halogens is 2. The van der Waals surface area contributed by atoms with E-state index in [1.165, 1.54) is 0 Å². The molecule has 2 aromatic heterocycles. The maximum absolute atomic E-state index is 8.72. The lowest BCUT2D eigenvalue weighted by Crippen LogP contribution is -1.99. The smallest absolute Gasteiger partial charge is 0.152 e. The Kier molecular flexibility index (Phi) is 4.00. The first-order valence-electron chi connectivity index (χ1n) is 4.71. The molecule has 0 aliphatic rings. The molecule has 1 N–H and O–H groups in total. The zero-order valence-corrected chi connectivity index (χ0v) is 11.7. The van der Waals surface area contributed by atoms with E-state index in [0.717, 1.165) is 15.0 Å². The summed E-state index contributed by atoms with van der Waals surface area (Å²) in [5.41, 5.74) is 1.46. The lowest BCUT2D eigenvalue weighted by Gasteiger charge is -2.06. The van der Waals surface area contributed by atoms with Gasteiger partial charge in [-0.2, -0.15) is 5.26 Å². The highest BCUT2D eigenvalue weighted by molar-refractivity contribution is 9.10. The summed E-state index contributed by atoms with van der Waals surface area (Å²) in [4.78, 5) is 5.10. The Hall–Kier alpha value is -1.09. The van der Waals surface area contributed by atoms with Crippen LogP contribution in [-0.4, -0.2) is 4.98 Å². The second kappa shape index (κ2) is 5.50. The van der Waals surface area contributed by atoms with Crippen LogP contribution in [0.3, 0.4) is 0 Å². The van der Waals surface area contributed by atoms with Crippen LogP contribution < -0.4 is 5.32 Å². The number of pyridine rings is 1. The molecule has 0 aliphatic heterocycles. The number of hydrogen-bond donors (Lipinski definition) is 1. The molecule has 17 heavy (non-hydrogen) atoms. The van der Waals surface area contributed by atoms with Gasteiger partial charge in [-0.15, -0.1) is 11.3 Å². The van der Waals surface area contributed by atoms with Gasteiger partial charge in [-0.05, 0) is 28.1 Å². The molecule has 0 amide bonds. The van der Waals surface area contributed by atoms with Crippen molar-refractivity contribution in [3.05, 3.63) is 43.8 Å². The van der Waals surface area contributed by atoms with Gasteiger partial charge in [-0.3, -0.25) is 0 Å².